The molecular weight excluding hydrogens is 278 g/mol. The van der Waals surface area contributed by atoms with E-state index >= 15 is 0 Å². The van der Waals surface area contributed by atoms with Crippen LogP contribution in [0.1, 0.15) is 53.4 Å². The van der Waals surface area contributed by atoms with Gasteiger partial charge in [0.2, 0.25) is 0 Å². The van der Waals surface area contributed by atoms with Gasteiger partial charge in [-0.05, 0) is 31.1 Å². The summed E-state index contributed by atoms with van der Waals surface area (Å²) in [5.41, 5.74) is 0.359. The number of hydrogen-bond donors (Lipinski definition) is 1. The summed E-state index contributed by atoms with van der Waals surface area (Å²) in [5.74, 6) is 0. The summed E-state index contributed by atoms with van der Waals surface area (Å²) in [6, 6.07) is 0.610. The highest BCUT2D eigenvalue weighted by Gasteiger charge is 2.29. The Bertz CT molecular complexity index is 171. The Hall–Kier alpha value is 0.400. The molecule has 0 bridgehead atoms. The first-order valence-corrected chi connectivity index (χ1v) is 8.15. The van der Waals surface area contributed by atoms with Crippen LogP contribution < -0.4 is 0 Å². The summed E-state index contributed by atoms with van der Waals surface area (Å²) in [7, 11) is 0. The van der Waals surface area contributed by atoms with Gasteiger partial charge in [-0.3, -0.25) is 4.90 Å². The Balaban J connectivity index is 4.70. The van der Waals surface area contributed by atoms with Crippen LogP contribution in [0.25, 0.3) is 0 Å². The van der Waals surface area contributed by atoms with Crippen molar-refractivity contribution in [1.29, 1.82) is 0 Å². The van der Waals surface area contributed by atoms with Crippen molar-refractivity contribution in [2.24, 2.45) is 5.41 Å². The van der Waals surface area contributed by atoms with E-state index in [2.05, 4.69) is 48.5 Å². The summed E-state index contributed by atoms with van der Waals surface area (Å²) >= 11 is 3.68. The Morgan fingerprint density at radius 3 is 1.94 bits per heavy atom. The van der Waals surface area contributed by atoms with Crippen LogP contribution in [0.3, 0.4) is 0 Å². The fourth-order valence-electron chi connectivity index (χ4n) is 2.46. The first-order chi connectivity index (χ1) is 8.12. The lowest BCUT2D eigenvalue weighted by Gasteiger charge is -2.39. The Morgan fingerprint density at radius 1 is 1.12 bits per heavy atom. The molecule has 1 N–H and O–H groups in total. The molecule has 0 radical (unpaired) electrons. The maximum atomic E-state index is 9.24. The van der Waals surface area contributed by atoms with E-state index in [1.54, 1.807) is 0 Å². The molecule has 0 aromatic carbocycles. The molecule has 0 aromatic rings. The minimum atomic E-state index is 0.266. The zero-order chi connectivity index (χ0) is 13.3. The zero-order valence-corrected chi connectivity index (χ0v) is 13.6. The van der Waals surface area contributed by atoms with E-state index in [9.17, 15) is 5.11 Å². The van der Waals surface area contributed by atoms with E-state index in [0.29, 0.717) is 11.5 Å². The number of halogens is 1. The maximum Gasteiger partial charge on any atom is 0.0558 e. The largest absolute Gasteiger partial charge is 0.395 e. The fraction of sp³-hybridized carbons (Fsp3) is 1.00. The molecule has 17 heavy (non-hydrogen) atoms. The predicted octanol–water partition coefficient (Wildman–Crippen LogP) is 3.67. The van der Waals surface area contributed by atoms with Gasteiger partial charge in [-0.2, -0.15) is 0 Å². The third-order valence-electron chi connectivity index (χ3n) is 4.17. The Kier molecular flexibility index (Phi) is 9.57. The van der Waals surface area contributed by atoms with Gasteiger partial charge in [0, 0.05) is 24.5 Å². The van der Waals surface area contributed by atoms with Gasteiger partial charge in [-0.1, -0.05) is 43.6 Å². The second-order valence-corrected chi connectivity index (χ2v) is 5.57. The predicted molar refractivity (Wildman–Crippen MR) is 79.8 cm³/mol. The molecule has 0 saturated heterocycles. The van der Waals surface area contributed by atoms with Crippen molar-refractivity contribution in [2.75, 3.05) is 25.0 Å². The Labute approximate surface area is 116 Å². The van der Waals surface area contributed by atoms with Crippen LogP contribution in [-0.4, -0.2) is 41.1 Å². The highest BCUT2D eigenvalue weighted by Crippen LogP contribution is 2.31. The molecule has 0 aliphatic rings. The molecule has 3 heteroatoms. The van der Waals surface area contributed by atoms with Crippen molar-refractivity contribution in [2.45, 2.75) is 59.4 Å². The second kappa shape index (κ2) is 9.35. The average Bonchev–Trinajstić information content (AvgIpc) is 2.37. The van der Waals surface area contributed by atoms with Crippen molar-refractivity contribution in [3.05, 3.63) is 0 Å². The number of nitrogens with zero attached hydrogens (tertiary/aromatic N) is 1. The van der Waals surface area contributed by atoms with Crippen molar-refractivity contribution in [3.8, 4) is 0 Å². The van der Waals surface area contributed by atoms with Gasteiger partial charge in [0.05, 0.1) is 6.61 Å². The molecule has 0 aliphatic carbocycles. The quantitative estimate of drug-likeness (QED) is 0.622. The number of aliphatic hydroxyl groups is 1. The van der Waals surface area contributed by atoms with E-state index in [4.69, 9.17) is 0 Å². The summed E-state index contributed by atoms with van der Waals surface area (Å²) in [5, 5.41) is 10.3. The first kappa shape index (κ1) is 17.4. The standard InChI is InChI=1S/C14H30BrNO/c1-5-13(6-2)16(9-10-17)12-14(7-3,8-4)11-15/h13,17H,5-12H2,1-4H3. The van der Waals surface area contributed by atoms with Gasteiger partial charge in [0.1, 0.15) is 0 Å². The second-order valence-electron chi connectivity index (χ2n) is 5.01. The van der Waals surface area contributed by atoms with Crippen LogP contribution in [0, 0.1) is 5.41 Å². The fourth-order valence-corrected chi connectivity index (χ4v) is 3.43. The van der Waals surface area contributed by atoms with E-state index in [0.717, 1.165) is 18.4 Å². The van der Waals surface area contributed by atoms with Crippen molar-refractivity contribution in [1.82, 2.24) is 4.90 Å². The van der Waals surface area contributed by atoms with Crippen molar-refractivity contribution < 1.29 is 5.11 Å². The van der Waals surface area contributed by atoms with Crippen LogP contribution in [-0.2, 0) is 0 Å². The molecule has 0 unspecified atom stereocenters. The summed E-state index contributed by atoms with van der Waals surface area (Å²) in [6.07, 6.45) is 4.72. The molecule has 0 aromatic heterocycles. The molecule has 0 saturated carbocycles. The smallest absolute Gasteiger partial charge is 0.0558 e. The third-order valence-corrected chi connectivity index (χ3v) is 5.36. The van der Waals surface area contributed by atoms with Gasteiger partial charge >= 0.3 is 0 Å². The van der Waals surface area contributed by atoms with Crippen LogP contribution in [0.15, 0.2) is 0 Å². The van der Waals surface area contributed by atoms with Gasteiger partial charge in [-0.25, -0.2) is 0 Å². The lowest BCUT2D eigenvalue weighted by atomic mass is 9.83. The lowest BCUT2D eigenvalue weighted by molar-refractivity contribution is 0.0885. The molecule has 0 aliphatic heterocycles. The van der Waals surface area contributed by atoms with Gasteiger partial charge in [0.15, 0.2) is 0 Å². The number of alkyl halides is 1. The SMILES string of the molecule is CCC(CC)N(CCO)CC(CC)(CC)CBr. The van der Waals surface area contributed by atoms with Gasteiger partial charge in [-0.15, -0.1) is 0 Å². The normalized spacial score (nSPS) is 12.7. The monoisotopic (exact) mass is 307 g/mol. The molecule has 0 fully saturated rings. The highest BCUT2D eigenvalue weighted by molar-refractivity contribution is 9.09. The van der Waals surface area contributed by atoms with E-state index in [1.165, 1.54) is 25.7 Å². The molecule has 104 valence electrons. The molecule has 2 nitrogen and oxygen atoms in total. The topological polar surface area (TPSA) is 23.5 Å². The summed E-state index contributed by atoms with van der Waals surface area (Å²) in [6.45, 7) is 11.2. The molecular formula is C14H30BrNO. The van der Waals surface area contributed by atoms with Gasteiger partial charge in [0.25, 0.3) is 0 Å². The number of aliphatic hydroxyl groups excluding tert-OH is 1. The van der Waals surface area contributed by atoms with Gasteiger partial charge < -0.3 is 5.11 Å². The maximum absolute atomic E-state index is 9.24. The molecule has 0 atom stereocenters. The van der Waals surface area contributed by atoms with Crippen LogP contribution in [0.2, 0.25) is 0 Å². The summed E-state index contributed by atoms with van der Waals surface area (Å²) in [4.78, 5) is 2.48. The Morgan fingerprint density at radius 2 is 1.65 bits per heavy atom. The molecule has 0 amide bonds. The lowest BCUT2D eigenvalue weighted by Crippen LogP contribution is -2.45. The average molecular weight is 308 g/mol. The third kappa shape index (κ3) is 5.27. The van der Waals surface area contributed by atoms with Crippen LogP contribution >= 0.6 is 15.9 Å². The minimum absolute atomic E-state index is 0.266. The van der Waals surface area contributed by atoms with Crippen LogP contribution in [0.5, 0.6) is 0 Å². The minimum Gasteiger partial charge on any atom is -0.395 e. The van der Waals surface area contributed by atoms with E-state index in [1.807, 2.05) is 0 Å². The number of hydrogen-bond acceptors (Lipinski definition) is 2. The molecule has 0 spiro atoms. The summed E-state index contributed by atoms with van der Waals surface area (Å²) < 4.78 is 0. The van der Waals surface area contributed by atoms with Crippen molar-refractivity contribution in [3.63, 3.8) is 0 Å². The van der Waals surface area contributed by atoms with Crippen molar-refractivity contribution >= 4 is 15.9 Å². The van der Waals surface area contributed by atoms with E-state index < -0.39 is 0 Å². The number of rotatable bonds is 10. The highest BCUT2D eigenvalue weighted by atomic mass is 79.9. The molecule has 0 rings (SSSR count). The molecule has 0 heterocycles. The first-order valence-electron chi connectivity index (χ1n) is 7.03. The zero-order valence-electron chi connectivity index (χ0n) is 12.0. The van der Waals surface area contributed by atoms with E-state index in [-0.39, 0.29) is 6.61 Å². The van der Waals surface area contributed by atoms with Crippen LogP contribution in [0.4, 0.5) is 0 Å².